The van der Waals surface area contributed by atoms with Gasteiger partial charge in [-0.2, -0.15) is 0 Å². The second-order valence-corrected chi connectivity index (χ2v) is 5.48. The van der Waals surface area contributed by atoms with E-state index in [1.54, 1.807) is 0 Å². The fourth-order valence-corrected chi connectivity index (χ4v) is 2.96. The largest absolute Gasteiger partial charge is 0.311 e. The smallest absolute Gasteiger partial charge is 0.00696 e. The molecular weight excluding hydrogens is 194 g/mol. The molecule has 0 saturated heterocycles. The molecule has 0 unspecified atom stereocenters. The van der Waals surface area contributed by atoms with Crippen LogP contribution >= 0.6 is 0 Å². The highest BCUT2D eigenvalue weighted by Gasteiger charge is 2.15. The van der Waals surface area contributed by atoms with Crippen LogP contribution in [-0.2, 0) is 0 Å². The molecule has 0 aromatic rings. The molecule has 16 heavy (non-hydrogen) atoms. The maximum atomic E-state index is 3.93. The van der Waals surface area contributed by atoms with Crippen LogP contribution in [0.5, 0.6) is 0 Å². The van der Waals surface area contributed by atoms with Crippen molar-refractivity contribution in [1.82, 2.24) is 5.32 Å². The van der Waals surface area contributed by atoms with Gasteiger partial charge < -0.3 is 5.32 Å². The third-order valence-corrected chi connectivity index (χ3v) is 3.85. The van der Waals surface area contributed by atoms with E-state index in [-0.39, 0.29) is 0 Å². The lowest BCUT2D eigenvalue weighted by molar-refractivity contribution is 0.328. The minimum absolute atomic E-state index is 0.791. The molecule has 0 radical (unpaired) electrons. The normalized spacial score (nSPS) is 19.7. The van der Waals surface area contributed by atoms with Gasteiger partial charge in [-0.25, -0.2) is 0 Å². The molecule has 1 aliphatic carbocycles. The van der Waals surface area contributed by atoms with Gasteiger partial charge in [-0.15, -0.1) is 0 Å². The summed E-state index contributed by atoms with van der Waals surface area (Å²) < 4.78 is 0. The van der Waals surface area contributed by atoms with Crippen molar-refractivity contribution >= 4 is 0 Å². The minimum Gasteiger partial charge on any atom is -0.311 e. The van der Waals surface area contributed by atoms with Crippen LogP contribution in [0.3, 0.4) is 0 Å². The van der Waals surface area contributed by atoms with Gasteiger partial charge in [0.25, 0.3) is 0 Å². The summed E-state index contributed by atoms with van der Waals surface area (Å²) in [5.41, 5.74) is 0. The first-order valence-electron chi connectivity index (χ1n) is 7.62. The van der Waals surface area contributed by atoms with Gasteiger partial charge in [0, 0.05) is 12.1 Å². The Labute approximate surface area is 102 Å². The van der Waals surface area contributed by atoms with E-state index in [0.717, 1.165) is 12.1 Å². The molecule has 0 aromatic carbocycles. The molecule has 0 aromatic heterocycles. The van der Waals surface area contributed by atoms with Crippen LogP contribution in [-0.4, -0.2) is 12.1 Å². The van der Waals surface area contributed by atoms with Crippen molar-refractivity contribution in [3.8, 4) is 0 Å². The molecule has 1 aliphatic rings. The Hall–Kier alpha value is -0.0400. The van der Waals surface area contributed by atoms with Crippen molar-refractivity contribution in [3.63, 3.8) is 0 Å². The van der Waals surface area contributed by atoms with E-state index >= 15 is 0 Å². The highest BCUT2D eigenvalue weighted by Crippen LogP contribution is 2.18. The van der Waals surface area contributed by atoms with Gasteiger partial charge in [-0.1, -0.05) is 58.8 Å². The van der Waals surface area contributed by atoms with E-state index in [9.17, 15) is 0 Å². The zero-order chi connectivity index (χ0) is 11.6. The number of hydrogen-bond acceptors (Lipinski definition) is 1. The molecule has 0 bridgehead atoms. The highest BCUT2D eigenvalue weighted by atomic mass is 14.9. The Morgan fingerprint density at radius 3 is 1.88 bits per heavy atom. The average Bonchev–Trinajstić information content (AvgIpc) is 2.22. The number of rotatable bonds is 6. The lowest BCUT2D eigenvalue weighted by atomic mass is 9.95. The first-order chi connectivity index (χ1) is 7.86. The molecule has 1 N–H and O–H groups in total. The maximum Gasteiger partial charge on any atom is 0.00696 e. The van der Waals surface area contributed by atoms with Gasteiger partial charge in [0.2, 0.25) is 0 Å². The molecule has 0 atom stereocenters. The fourth-order valence-electron chi connectivity index (χ4n) is 2.96. The Morgan fingerprint density at radius 1 is 0.875 bits per heavy atom. The number of nitrogens with one attached hydrogen (secondary N) is 1. The lowest BCUT2D eigenvalue weighted by Gasteiger charge is -2.27. The van der Waals surface area contributed by atoms with Crippen LogP contribution in [0.15, 0.2) is 0 Å². The molecular formula is C15H31N. The molecule has 0 aliphatic heterocycles. The van der Waals surface area contributed by atoms with E-state index in [1.807, 2.05) is 0 Å². The van der Waals surface area contributed by atoms with Gasteiger partial charge >= 0.3 is 0 Å². The first-order valence-corrected chi connectivity index (χ1v) is 7.62. The summed E-state index contributed by atoms with van der Waals surface area (Å²) in [5.74, 6) is 0. The zero-order valence-electron chi connectivity index (χ0n) is 11.4. The summed E-state index contributed by atoms with van der Waals surface area (Å²) in [6.45, 7) is 4.62. The first kappa shape index (κ1) is 14.0. The van der Waals surface area contributed by atoms with Crippen LogP contribution in [0.1, 0.15) is 84.5 Å². The topological polar surface area (TPSA) is 12.0 Å². The van der Waals surface area contributed by atoms with Gasteiger partial charge in [0.1, 0.15) is 0 Å². The van der Waals surface area contributed by atoms with Crippen LogP contribution in [0.2, 0.25) is 0 Å². The molecule has 1 rings (SSSR count). The van der Waals surface area contributed by atoms with Gasteiger partial charge in [0.05, 0.1) is 0 Å². The number of hydrogen-bond donors (Lipinski definition) is 1. The summed E-state index contributed by atoms with van der Waals surface area (Å²) in [6.07, 6.45) is 15.5. The van der Waals surface area contributed by atoms with Crippen molar-refractivity contribution in [2.24, 2.45) is 0 Å². The van der Waals surface area contributed by atoms with E-state index in [1.165, 1.54) is 70.6 Å². The minimum atomic E-state index is 0.791. The standard InChI is InChI=1S/C15H31N/c1-3-10-14(11-4-2)16-15-12-8-6-5-7-9-13-15/h14-16H,3-13H2,1-2H3. The molecule has 96 valence electrons. The van der Waals surface area contributed by atoms with Gasteiger partial charge in [-0.3, -0.25) is 0 Å². The third-order valence-electron chi connectivity index (χ3n) is 3.85. The van der Waals surface area contributed by atoms with Crippen molar-refractivity contribution < 1.29 is 0 Å². The van der Waals surface area contributed by atoms with E-state index in [2.05, 4.69) is 19.2 Å². The zero-order valence-corrected chi connectivity index (χ0v) is 11.4. The van der Waals surface area contributed by atoms with Crippen molar-refractivity contribution in [2.75, 3.05) is 0 Å². The summed E-state index contributed by atoms with van der Waals surface area (Å²) in [7, 11) is 0. The Balaban J connectivity index is 2.28. The van der Waals surface area contributed by atoms with E-state index in [4.69, 9.17) is 0 Å². The van der Waals surface area contributed by atoms with Crippen LogP contribution in [0.4, 0.5) is 0 Å². The summed E-state index contributed by atoms with van der Waals surface area (Å²) in [5, 5.41) is 3.93. The SMILES string of the molecule is CCCC(CCC)NC1CCCCCCC1. The molecule has 1 saturated carbocycles. The molecule has 1 fully saturated rings. The lowest BCUT2D eigenvalue weighted by Crippen LogP contribution is -2.38. The van der Waals surface area contributed by atoms with Crippen molar-refractivity contribution in [3.05, 3.63) is 0 Å². The van der Waals surface area contributed by atoms with Crippen LogP contribution in [0, 0.1) is 0 Å². The monoisotopic (exact) mass is 225 g/mol. The predicted molar refractivity (Wildman–Crippen MR) is 72.8 cm³/mol. The highest BCUT2D eigenvalue weighted by molar-refractivity contribution is 4.75. The van der Waals surface area contributed by atoms with Crippen molar-refractivity contribution in [2.45, 2.75) is 96.6 Å². The maximum absolute atomic E-state index is 3.93. The fraction of sp³-hybridized carbons (Fsp3) is 1.00. The average molecular weight is 225 g/mol. The van der Waals surface area contributed by atoms with Crippen LogP contribution in [0.25, 0.3) is 0 Å². The predicted octanol–water partition coefficient (Wildman–Crippen LogP) is 4.66. The van der Waals surface area contributed by atoms with Gasteiger partial charge in [-0.05, 0) is 25.7 Å². The molecule has 0 amide bonds. The second-order valence-electron chi connectivity index (χ2n) is 5.48. The Morgan fingerprint density at radius 2 is 1.38 bits per heavy atom. The van der Waals surface area contributed by atoms with E-state index in [0.29, 0.717) is 0 Å². The Bertz CT molecular complexity index is 142. The molecule has 1 nitrogen and oxygen atoms in total. The van der Waals surface area contributed by atoms with E-state index < -0.39 is 0 Å². The quantitative estimate of drug-likeness (QED) is 0.693. The summed E-state index contributed by atoms with van der Waals surface area (Å²) >= 11 is 0. The second kappa shape index (κ2) is 9.04. The molecule has 0 spiro atoms. The molecule has 0 heterocycles. The van der Waals surface area contributed by atoms with Gasteiger partial charge in [0.15, 0.2) is 0 Å². The third kappa shape index (κ3) is 5.89. The Kier molecular flexibility index (Phi) is 7.92. The van der Waals surface area contributed by atoms with Crippen LogP contribution < -0.4 is 5.32 Å². The summed E-state index contributed by atoms with van der Waals surface area (Å²) in [4.78, 5) is 0. The molecule has 1 heteroatoms. The van der Waals surface area contributed by atoms with Crippen molar-refractivity contribution in [1.29, 1.82) is 0 Å². The summed E-state index contributed by atoms with van der Waals surface area (Å²) in [6, 6.07) is 1.61.